The molecule has 0 aliphatic rings. The molecule has 0 aliphatic carbocycles. The molecule has 1 N–H and O–H groups in total. The topological polar surface area (TPSA) is 20.2 Å². The Kier molecular flexibility index (Phi) is 4.13. The Morgan fingerprint density at radius 2 is 1.52 bits per heavy atom. The number of hydrogen-bond acceptors (Lipinski definition) is 1. The van der Waals surface area contributed by atoms with Crippen LogP contribution in [0.2, 0.25) is 0 Å². The van der Waals surface area contributed by atoms with E-state index in [-0.39, 0.29) is 0 Å². The largest absolute Gasteiger partial charge is 0.389 e. The van der Waals surface area contributed by atoms with Crippen LogP contribution < -0.4 is 0 Å². The van der Waals surface area contributed by atoms with Gasteiger partial charge in [-0.3, -0.25) is 0 Å². The van der Waals surface area contributed by atoms with Gasteiger partial charge in [-0.25, -0.2) is 0 Å². The molecule has 0 aromatic heterocycles. The van der Waals surface area contributed by atoms with E-state index >= 15 is 0 Å². The Bertz CT molecular complexity index is 744. The molecule has 1 nitrogen and oxygen atoms in total. The van der Waals surface area contributed by atoms with Gasteiger partial charge in [0.15, 0.2) is 0 Å². The molecule has 3 rings (SSSR count). The lowest BCUT2D eigenvalue weighted by Crippen LogP contribution is -2.06. The quantitative estimate of drug-likeness (QED) is 0.745. The standard InChI is InChI=1S/C20H18O/c21-20(15-16-6-2-1-3-7-16)13-11-17-10-12-18-8-4-5-9-19(18)14-17/h1-14,20-21H,15H2/b13-11+. The van der Waals surface area contributed by atoms with E-state index in [0.29, 0.717) is 6.42 Å². The van der Waals surface area contributed by atoms with Crippen LogP contribution in [0, 0.1) is 0 Å². The van der Waals surface area contributed by atoms with Gasteiger partial charge in [-0.05, 0) is 28.0 Å². The van der Waals surface area contributed by atoms with Gasteiger partial charge in [-0.15, -0.1) is 0 Å². The molecule has 0 radical (unpaired) electrons. The summed E-state index contributed by atoms with van der Waals surface area (Å²) in [5, 5.41) is 12.5. The molecule has 0 amide bonds. The lowest BCUT2D eigenvalue weighted by molar-refractivity contribution is 0.224. The molecule has 0 aliphatic heterocycles. The van der Waals surface area contributed by atoms with Crippen LogP contribution in [-0.2, 0) is 6.42 Å². The third-order valence-electron chi connectivity index (χ3n) is 3.57. The molecule has 1 heteroatoms. The number of benzene rings is 3. The zero-order chi connectivity index (χ0) is 14.5. The second kappa shape index (κ2) is 6.38. The number of rotatable bonds is 4. The zero-order valence-corrected chi connectivity index (χ0v) is 11.8. The van der Waals surface area contributed by atoms with Crippen molar-refractivity contribution in [2.75, 3.05) is 0 Å². The summed E-state index contributed by atoms with van der Waals surface area (Å²) in [7, 11) is 0. The van der Waals surface area contributed by atoms with Gasteiger partial charge < -0.3 is 5.11 Å². The minimum Gasteiger partial charge on any atom is -0.389 e. The van der Waals surface area contributed by atoms with E-state index < -0.39 is 6.10 Å². The van der Waals surface area contributed by atoms with E-state index in [4.69, 9.17) is 0 Å². The van der Waals surface area contributed by atoms with Crippen LogP contribution in [-0.4, -0.2) is 11.2 Å². The molecule has 3 aromatic rings. The highest BCUT2D eigenvalue weighted by Crippen LogP contribution is 2.17. The highest BCUT2D eigenvalue weighted by molar-refractivity contribution is 5.84. The Morgan fingerprint density at radius 3 is 2.33 bits per heavy atom. The zero-order valence-electron chi connectivity index (χ0n) is 11.8. The van der Waals surface area contributed by atoms with Crippen molar-refractivity contribution >= 4 is 16.8 Å². The van der Waals surface area contributed by atoms with Crippen molar-refractivity contribution in [2.45, 2.75) is 12.5 Å². The van der Waals surface area contributed by atoms with Crippen LogP contribution in [0.1, 0.15) is 11.1 Å². The van der Waals surface area contributed by atoms with E-state index in [9.17, 15) is 5.11 Å². The second-order valence-corrected chi connectivity index (χ2v) is 5.22. The first-order valence-corrected chi connectivity index (χ1v) is 7.20. The Balaban J connectivity index is 1.72. The van der Waals surface area contributed by atoms with E-state index in [2.05, 4.69) is 30.3 Å². The number of hydrogen-bond donors (Lipinski definition) is 1. The Hall–Kier alpha value is -2.38. The molecule has 0 saturated carbocycles. The van der Waals surface area contributed by atoms with Crippen LogP contribution >= 0.6 is 0 Å². The predicted octanol–water partition coefficient (Wildman–Crippen LogP) is 4.46. The maximum Gasteiger partial charge on any atom is 0.0764 e. The molecular weight excluding hydrogens is 256 g/mol. The van der Waals surface area contributed by atoms with Gasteiger partial charge in [0, 0.05) is 6.42 Å². The molecule has 0 bridgehead atoms. The van der Waals surface area contributed by atoms with Gasteiger partial charge in [-0.1, -0.05) is 78.9 Å². The lowest BCUT2D eigenvalue weighted by Gasteiger charge is -2.05. The molecule has 0 heterocycles. The monoisotopic (exact) mass is 274 g/mol. The van der Waals surface area contributed by atoms with E-state index in [0.717, 1.165) is 11.1 Å². The second-order valence-electron chi connectivity index (χ2n) is 5.22. The van der Waals surface area contributed by atoms with Gasteiger partial charge in [-0.2, -0.15) is 0 Å². The van der Waals surface area contributed by atoms with Gasteiger partial charge in [0.05, 0.1) is 6.10 Å². The average Bonchev–Trinajstić information content (AvgIpc) is 2.54. The summed E-state index contributed by atoms with van der Waals surface area (Å²) < 4.78 is 0. The summed E-state index contributed by atoms with van der Waals surface area (Å²) in [6.07, 6.45) is 4.03. The first kappa shape index (κ1) is 13.6. The summed E-state index contributed by atoms with van der Waals surface area (Å²) in [5.41, 5.74) is 2.26. The number of fused-ring (bicyclic) bond motifs is 1. The van der Waals surface area contributed by atoms with E-state index in [1.807, 2.05) is 54.6 Å². The van der Waals surface area contributed by atoms with E-state index in [1.165, 1.54) is 10.8 Å². The molecule has 0 saturated heterocycles. The minimum atomic E-state index is -0.459. The molecule has 1 atom stereocenters. The molecule has 0 spiro atoms. The first-order valence-electron chi connectivity index (χ1n) is 7.20. The van der Waals surface area contributed by atoms with Crippen molar-refractivity contribution in [1.82, 2.24) is 0 Å². The van der Waals surface area contributed by atoms with Crippen LogP contribution in [0.4, 0.5) is 0 Å². The number of aliphatic hydroxyl groups excluding tert-OH is 1. The maximum absolute atomic E-state index is 10.1. The average molecular weight is 274 g/mol. The van der Waals surface area contributed by atoms with Crippen molar-refractivity contribution in [1.29, 1.82) is 0 Å². The smallest absolute Gasteiger partial charge is 0.0764 e. The fraction of sp³-hybridized carbons (Fsp3) is 0.100. The summed E-state index contributed by atoms with van der Waals surface area (Å²) in [6, 6.07) is 24.7. The summed E-state index contributed by atoms with van der Waals surface area (Å²) in [6.45, 7) is 0. The molecule has 0 fully saturated rings. The maximum atomic E-state index is 10.1. The van der Waals surface area contributed by atoms with Gasteiger partial charge in [0.2, 0.25) is 0 Å². The normalized spacial score (nSPS) is 12.8. The summed E-state index contributed by atoms with van der Waals surface area (Å²) >= 11 is 0. The fourth-order valence-electron chi connectivity index (χ4n) is 2.46. The fourth-order valence-corrected chi connectivity index (χ4v) is 2.46. The van der Waals surface area contributed by atoms with Crippen molar-refractivity contribution in [3.63, 3.8) is 0 Å². The van der Waals surface area contributed by atoms with Crippen molar-refractivity contribution in [3.8, 4) is 0 Å². The molecule has 21 heavy (non-hydrogen) atoms. The summed E-state index contributed by atoms with van der Waals surface area (Å²) in [4.78, 5) is 0. The van der Waals surface area contributed by atoms with Crippen LogP contribution in [0.25, 0.3) is 16.8 Å². The first-order chi connectivity index (χ1) is 10.3. The van der Waals surface area contributed by atoms with Crippen molar-refractivity contribution < 1.29 is 5.11 Å². The lowest BCUT2D eigenvalue weighted by atomic mass is 10.0. The van der Waals surface area contributed by atoms with E-state index in [1.54, 1.807) is 0 Å². The third-order valence-corrected chi connectivity index (χ3v) is 3.57. The predicted molar refractivity (Wildman–Crippen MR) is 89.1 cm³/mol. The molecule has 104 valence electrons. The van der Waals surface area contributed by atoms with Crippen LogP contribution in [0.3, 0.4) is 0 Å². The summed E-state index contributed by atoms with van der Waals surface area (Å²) in [5.74, 6) is 0. The highest BCUT2D eigenvalue weighted by Gasteiger charge is 2.01. The molecular formula is C20H18O. The minimum absolute atomic E-state index is 0.459. The van der Waals surface area contributed by atoms with Crippen molar-refractivity contribution in [3.05, 3.63) is 90.0 Å². The Labute approximate surface area is 125 Å². The van der Waals surface area contributed by atoms with Crippen LogP contribution in [0.5, 0.6) is 0 Å². The van der Waals surface area contributed by atoms with Gasteiger partial charge >= 0.3 is 0 Å². The molecule has 1 unspecified atom stereocenters. The number of aliphatic hydroxyl groups is 1. The van der Waals surface area contributed by atoms with Gasteiger partial charge in [0.25, 0.3) is 0 Å². The van der Waals surface area contributed by atoms with Crippen LogP contribution in [0.15, 0.2) is 78.9 Å². The highest BCUT2D eigenvalue weighted by atomic mass is 16.3. The van der Waals surface area contributed by atoms with Crippen molar-refractivity contribution in [2.24, 2.45) is 0 Å². The Morgan fingerprint density at radius 1 is 0.810 bits per heavy atom. The SMILES string of the molecule is OC(/C=C/c1ccc2ccccc2c1)Cc1ccccc1. The van der Waals surface area contributed by atoms with Gasteiger partial charge in [0.1, 0.15) is 0 Å². The molecule has 3 aromatic carbocycles. The third kappa shape index (κ3) is 3.59.